The molecule has 0 atom stereocenters. The highest BCUT2D eigenvalue weighted by atomic mass is 16.5. The van der Waals surface area contributed by atoms with Crippen molar-refractivity contribution in [3.8, 4) is 28.3 Å². The van der Waals surface area contributed by atoms with Crippen molar-refractivity contribution in [3.63, 3.8) is 0 Å². The van der Waals surface area contributed by atoms with Gasteiger partial charge in [-0.3, -0.25) is 9.78 Å². The number of hydrogen-bond donors (Lipinski definition) is 1. The zero-order valence-corrected chi connectivity index (χ0v) is 18.4. The van der Waals surface area contributed by atoms with Crippen LogP contribution in [-0.4, -0.2) is 31.4 Å². The van der Waals surface area contributed by atoms with Crippen LogP contribution < -0.4 is 4.74 Å². The minimum absolute atomic E-state index is 0.0274. The van der Waals surface area contributed by atoms with Crippen LogP contribution in [0, 0.1) is 6.92 Å². The Kier molecular flexibility index (Phi) is 6.35. The molecule has 162 valence electrons. The number of aromatic nitrogens is 5. The Bertz CT molecular complexity index is 1220. The fourth-order valence-electron chi connectivity index (χ4n) is 3.69. The highest BCUT2D eigenvalue weighted by Gasteiger charge is 2.18. The van der Waals surface area contributed by atoms with E-state index < -0.39 is 0 Å². The van der Waals surface area contributed by atoms with E-state index in [0.717, 1.165) is 34.4 Å². The van der Waals surface area contributed by atoms with Gasteiger partial charge in [0.2, 0.25) is 5.82 Å². The van der Waals surface area contributed by atoms with Crippen LogP contribution in [0.1, 0.15) is 47.6 Å². The third kappa shape index (κ3) is 4.42. The topological polar surface area (TPSA) is 93.7 Å². The monoisotopic (exact) mass is 427 g/mol. The Balaban J connectivity index is 1.69. The number of aryl methyl sites for hydroxylation is 2. The first-order valence-corrected chi connectivity index (χ1v) is 10.7. The molecular weight excluding hydrogens is 402 g/mol. The Morgan fingerprint density at radius 1 is 1.03 bits per heavy atom. The maximum Gasteiger partial charge on any atom is 0.205 e. The third-order valence-corrected chi connectivity index (χ3v) is 5.33. The van der Waals surface area contributed by atoms with Crippen molar-refractivity contribution < 1.29 is 9.53 Å². The summed E-state index contributed by atoms with van der Waals surface area (Å²) in [5, 5.41) is 14.6. The molecule has 0 saturated heterocycles. The summed E-state index contributed by atoms with van der Waals surface area (Å²) in [4.78, 5) is 17.1. The lowest BCUT2D eigenvalue weighted by Crippen LogP contribution is -2.09. The van der Waals surface area contributed by atoms with Crippen LogP contribution in [-0.2, 0) is 13.0 Å². The molecule has 1 N–H and O–H groups in total. The normalized spacial score (nSPS) is 10.8. The average Bonchev–Trinajstić information content (AvgIpc) is 3.37. The highest BCUT2D eigenvalue weighted by Crippen LogP contribution is 2.32. The molecule has 0 amide bonds. The van der Waals surface area contributed by atoms with E-state index in [0.29, 0.717) is 35.9 Å². The number of nitrogens with one attached hydrogen (secondary N) is 1. The van der Waals surface area contributed by atoms with Crippen LogP contribution in [0.5, 0.6) is 5.75 Å². The van der Waals surface area contributed by atoms with Gasteiger partial charge >= 0.3 is 0 Å². The second-order valence-electron chi connectivity index (χ2n) is 7.47. The minimum atomic E-state index is 0.0274. The van der Waals surface area contributed by atoms with Crippen molar-refractivity contribution in [1.29, 1.82) is 0 Å². The molecule has 0 bridgehead atoms. The number of tetrazole rings is 1. The standard InChI is InChI=1S/C25H25N5O2/c1-4-19-14-23(24(16(3)26-19)22(31)5-2)32-15-17-11-12-20(18-9-7-6-8-10-18)21(13-17)25-27-29-30-28-25/h6-14H,4-5,15H2,1-3H3,(H,27,28,29,30). The van der Waals surface area contributed by atoms with Gasteiger partial charge in [-0.2, -0.15) is 5.21 Å². The molecule has 0 spiro atoms. The van der Waals surface area contributed by atoms with Crippen molar-refractivity contribution in [3.05, 3.63) is 77.1 Å². The summed E-state index contributed by atoms with van der Waals surface area (Å²) in [5.74, 6) is 1.12. The van der Waals surface area contributed by atoms with Crippen molar-refractivity contribution in [2.24, 2.45) is 0 Å². The van der Waals surface area contributed by atoms with E-state index >= 15 is 0 Å². The number of carbonyl (C=O) groups is 1. The van der Waals surface area contributed by atoms with Crippen LogP contribution in [0.4, 0.5) is 0 Å². The molecule has 2 aromatic heterocycles. The number of carbonyl (C=O) groups excluding carboxylic acids is 1. The maximum absolute atomic E-state index is 12.5. The number of nitrogens with zero attached hydrogens (tertiary/aromatic N) is 4. The van der Waals surface area contributed by atoms with Crippen LogP contribution in [0.2, 0.25) is 0 Å². The summed E-state index contributed by atoms with van der Waals surface area (Å²) in [5.41, 5.74) is 6.03. The lowest BCUT2D eigenvalue weighted by Gasteiger charge is -2.15. The molecule has 32 heavy (non-hydrogen) atoms. The molecule has 0 saturated carbocycles. The van der Waals surface area contributed by atoms with Crippen LogP contribution >= 0.6 is 0 Å². The SMILES string of the molecule is CCC(=O)c1c(OCc2ccc(-c3ccccc3)c(-c3nn[nH]n3)c2)cc(CC)nc1C. The van der Waals surface area contributed by atoms with Gasteiger partial charge in [0.1, 0.15) is 12.4 Å². The van der Waals surface area contributed by atoms with Crippen LogP contribution in [0.3, 0.4) is 0 Å². The summed E-state index contributed by atoms with van der Waals surface area (Å²) in [7, 11) is 0. The van der Waals surface area contributed by atoms with Gasteiger partial charge < -0.3 is 4.74 Å². The fourth-order valence-corrected chi connectivity index (χ4v) is 3.69. The molecular formula is C25H25N5O2. The van der Waals surface area contributed by atoms with Gasteiger partial charge in [-0.15, -0.1) is 10.2 Å². The predicted molar refractivity (Wildman–Crippen MR) is 122 cm³/mol. The number of pyridine rings is 1. The summed E-state index contributed by atoms with van der Waals surface area (Å²) in [6.07, 6.45) is 1.17. The number of ketones is 1. The van der Waals surface area contributed by atoms with Gasteiger partial charge in [-0.25, -0.2) is 0 Å². The van der Waals surface area contributed by atoms with Crippen LogP contribution in [0.15, 0.2) is 54.6 Å². The lowest BCUT2D eigenvalue weighted by atomic mass is 9.97. The zero-order valence-electron chi connectivity index (χ0n) is 18.4. The summed E-state index contributed by atoms with van der Waals surface area (Å²) in [6.45, 7) is 6.04. The second-order valence-corrected chi connectivity index (χ2v) is 7.47. The largest absolute Gasteiger partial charge is 0.488 e. The molecule has 0 radical (unpaired) electrons. The lowest BCUT2D eigenvalue weighted by molar-refractivity contribution is 0.0982. The van der Waals surface area contributed by atoms with Crippen LogP contribution in [0.25, 0.3) is 22.5 Å². The number of ether oxygens (including phenoxy) is 1. The van der Waals surface area contributed by atoms with Gasteiger partial charge in [0.05, 0.1) is 11.3 Å². The molecule has 0 aliphatic carbocycles. The van der Waals surface area contributed by atoms with Gasteiger partial charge in [0.15, 0.2) is 5.78 Å². The Hall–Kier alpha value is -3.87. The number of Topliss-reactive ketones (excluding diaryl/α,β-unsaturated/α-hetero) is 1. The first-order chi connectivity index (χ1) is 15.6. The number of hydrogen-bond acceptors (Lipinski definition) is 6. The molecule has 7 nitrogen and oxygen atoms in total. The van der Waals surface area contributed by atoms with E-state index in [2.05, 4.69) is 25.6 Å². The Morgan fingerprint density at radius 2 is 1.84 bits per heavy atom. The molecule has 4 rings (SSSR count). The molecule has 2 heterocycles. The van der Waals surface area contributed by atoms with E-state index in [1.807, 2.05) is 75.4 Å². The zero-order chi connectivity index (χ0) is 22.5. The number of aromatic amines is 1. The fraction of sp³-hybridized carbons (Fsp3) is 0.240. The van der Waals surface area contributed by atoms with Gasteiger partial charge in [0.25, 0.3) is 0 Å². The van der Waals surface area contributed by atoms with Crippen molar-refractivity contribution in [2.75, 3.05) is 0 Å². The van der Waals surface area contributed by atoms with Gasteiger partial charge in [0, 0.05) is 23.7 Å². The number of rotatable bonds is 8. The minimum Gasteiger partial charge on any atom is -0.488 e. The average molecular weight is 428 g/mol. The molecule has 4 aromatic rings. The highest BCUT2D eigenvalue weighted by molar-refractivity contribution is 5.99. The van der Waals surface area contributed by atoms with E-state index in [1.54, 1.807) is 0 Å². The summed E-state index contributed by atoms with van der Waals surface area (Å²) in [6, 6.07) is 18.0. The quantitative estimate of drug-likeness (QED) is 0.399. The van der Waals surface area contributed by atoms with Crippen molar-refractivity contribution in [1.82, 2.24) is 25.6 Å². The van der Waals surface area contributed by atoms with Gasteiger partial charge in [-0.1, -0.05) is 56.3 Å². The first kappa shape index (κ1) is 21.4. The van der Waals surface area contributed by atoms with E-state index in [-0.39, 0.29) is 5.78 Å². The summed E-state index contributed by atoms with van der Waals surface area (Å²) >= 11 is 0. The molecule has 2 aromatic carbocycles. The summed E-state index contributed by atoms with van der Waals surface area (Å²) < 4.78 is 6.16. The van der Waals surface area contributed by atoms with Gasteiger partial charge in [-0.05, 0) is 41.3 Å². The van der Waals surface area contributed by atoms with E-state index in [9.17, 15) is 4.79 Å². The predicted octanol–water partition coefficient (Wildman–Crippen LogP) is 4.97. The van der Waals surface area contributed by atoms with E-state index in [1.165, 1.54) is 0 Å². The molecule has 7 heteroatoms. The molecule has 0 aliphatic rings. The Morgan fingerprint density at radius 3 is 2.53 bits per heavy atom. The number of H-pyrrole nitrogens is 1. The first-order valence-electron chi connectivity index (χ1n) is 10.7. The Labute approximate surface area is 186 Å². The number of benzene rings is 2. The smallest absolute Gasteiger partial charge is 0.205 e. The van der Waals surface area contributed by atoms with Crippen molar-refractivity contribution >= 4 is 5.78 Å². The molecule has 0 aliphatic heterocycles. The third-order valence-electron chi connectivity index (χ3n) is 5.33. The van der Waals surface area contributed by atoms with E-state index in [4.69, 9.17) is 4.74 Å². The second kappa shape index (κ2) is 9.51. The molecule has 0 unspecified atom stereocenters. The van der Waals surface area contributed by atoms with Crippen molar-refractivity contribution in [2.45, 2.75) is 40.2 Å². The maximum atomic E-state index is 12.5. The molecule has 0 fully saturated rings.